The number of hydrogen-bond acceptors (Lipinski definition) is 5. The third kappa shape index (κ3) is 3.30. The molecule has 1 aliphatic rings. The van der Waals surface area contributed by atoms with E-state index in [2.05, 4.69) is 4.98 Å². The first-order valence-corrected chi connectivity index (χ1v) is 8.91. The Balaban J connectivity index is 1.80. The molecule has 2 aromatic rings. The summed E-state index contributed by atoms with van der Waals surface area (Å²) in [5.41, 5.74) is 0.503. The maximum absolute atomic E-state index is 12.8. The van der Waals surface area contributed by atoms with E-state index >= 15 is 0 Å². The zero-order chi connectivity index (χ0) is 17.3. The first kappa shape index (κ1) is 16.9. The van der Waals surface area contributed by atoms with Gasteiger partial charge >= 0.3 is 0 Å². The Kier molecular flexibility index (Phi) is 4.60. The molecule has 1 N–H and O–H groups in total. The fourth-order valence-corrected chi connectivity index (χ4v) is 3.93. The van der Waals surface area contributed by atoms with Gasteiger partial charge in [0, 0.05) is 17.5 Å². The largest absolute Gasteiger partial charge is 0.497 e. The van der Waals surface area contributed by atoms with E-state index < -0.39 is 5.60 Å². The average molecular weight is 346 g/mol. The Labute approximate surface area is 145 Å². The molecular formula is C18H22N2O3S. The monoisotopic (exact) mass is 346 g/mol. The van der Waals surface area contributed by atoms with Crippen molar-refractivity contribution in [1.82, 2.24) is 9.88 Å². The van der Waals surface area contributed by atoms with Gasteiger partial charge < -0.3 is 14.7 Å². The quantitative estimate of drug-likeness (QED) is 0.923. The highest BCUT2D eigenvalue weighted by atomic mass is 32.1. The highest BCUT2D eigenvalue weighted by Gasteiger charge is 2.39. The Morgan fingerprint density at radius 2 is 2.08 bits per heavy atom. The summed E-state index contributed by atoms with van der Waals surface area (Å²) in [4.78, 5) is 19.0. The molecule has 128 valence electrons. The highest BCUT2D eigenvalue weighted by Crippen LogP contribution is 2.30. The molecule has 1 saturated heterocycles. The van der Waals surface area contributed by atoms with Crippen molar-refractivity contribution < 1.29 is 14.6 Å². The van der Waals surface area contributed by atoms with E-state index in [0.29, 0.717) is 12.2 Å². The molecule has 2 heterocycles. The minimum absolute atomic E-state index is 0.101. The molecule has 1 aliphatic heterocycles. The van der Waals surface area contributed by atoms with Crippen molar-refractivity contribution in [3.63, 3.8) is 0 Å². The van der Waals surface area contributed by atoms with Crippen LogP contribution in [0.3, 0.4) is 0 Å². The zero-order valence-corrected chi connectivity index (χ0v) is 15.0. The summed E-state index contributed by atoms with van der Waals surface area (Å²) in [6.07, 6.45) is 1.74. The molecule has 0 spiro atoms. The summed E-state index contributed by atoms with van der Waals surface area (Å²) in [6, 6.07) is 7.46. The number of aliphatic hydroxyl groups is 1. The van der Waals surface area contributed by atoms with E-state index in [1.54, 1.807) is 31.2 Å². The maximum Gasteiger partial charge on any atom is 0.273 e. The molecule has 5 nitrogen and oxygen atoms in total. The minimum Gasteiger partial charge on any atom is -0.497 e. The average Bonchev–Trinajstić information content (AvgIpc) is 3.23. The van der Waals surface area contributed by atoms with Crippen molar-refractivity contribution >= 4 is 17.2 Å². The van der Waals surface area contributed by atoms with E-state index in [1.165, 1.54) is 11.3 Å². The van der Waals surface area contributed by atoms with Gasteiger partial charge in [-0.2, -0.15) is 0 Å². The fraction of sp³-hybridized carbons (Fsp3) is 0.444. The number of methoxy groups -OCH3 is 1. The van der Waals surface area contributed by atoms with Crippen LogP contribution in [0, 0.1) is 0 Å². The number of likely N-dealkylation sites (tertiary alicyclic amines) is 1. The van der Waals surface area contributed by atoms with E-state index in [9.17, 15) is 9.90 Å². The van der Waals surface area contributed by atoms with Crippen LogP contribution in [0.5, 0.6) is 5.75 Å². The topological polar surface area (TPSA) is 62.7 Å². The summed E-state index contributed by atoms with van der Waals surface area (Å²) in [6.45, 7) is 4.18. The van der Waals surface area contributed by atoms with Crippen LogP contribution in [0.15, 0.2) is 29.6 Å². The van der Waals surface area contributed by atoms with Gasteiger partial charge in [0.15, 0.2) is 0 Å². The van der Waals surface area contributed by atoms with Crippen LogP contribution in [-0.2, 0) is 0 Å². The van der Waals surface area contributed by atoms with Crippen LogP contribution in [0.2, 0.25) is 0 Å². The Morgan fingerprint density at radius 1 is 1.38 bits per heavy atom. The number of benzene rings is 1. The van der Waals surface area contributed by atoms with Crippen molar-refractivity contribution in [3.8, 4) is 16.3 Å². The molecule has 3 rings (SSSR count). The molecule has 24 heavy (non-hydrogen) atoms. The Bertz CT molecular complexity index is 719. The van der Waals surface area contributed by atoms with Crippen molar-refractivity contribution in [3.05, 3.63) is 35.3 Å². The van der Waals surface area contributed by atoms with Gasteiger partial charge in [-0.3, -0.25) is 4.79 Å². The molecule has 0 radical (unpaired) electrons. The van der Waals surface area contributed by atoms with Crippen molar-refractivity contribution in [2.75, 3.05) is 13.7 Å². The van der Waals surface area contributed by atoms with Crippen molar-refractivity contribution in [1.29, 1.82) is 0 Å². The number of carbonyl (C=O) groups excluding carboxylic acids is 1. The van der Waals surface area contributed by atoms with E-state index in [1.807, 2.05) is 24.3 Å². The van der Waals surface area contributed by atoms with Gasteiger partial charge in [-0.15, -0.1) is 11.3 Å². The van der Waals surface area contributed by atoms with Crippen LogP contribution in [0.1, 0.15) is 37.2 Å². The van der Waals surface area contributed by atoms with E-state index in [-0.39, 0.29) is 11.9 Å². The second-order valence-electron chi connectivity index (χ2n) is 6.58. The number of ether oxygens (including phenoxy) is 1. The molecule has 1 unspecified atom stereocenters. The van der Waals surface area contributed by atoms with E-state index in [4.69, 9.17) is 4.74 Å². The first-order chi connectivity index (χ1) is 11.4. The smallest absolute Gasteiger partial charge is 0.273 e. The first-order valence-electron chi connectivity index (χ1n) is 8.03. The summed E-state index contributed by atoms with van der Waals surface area (Å²) in [5.74, 6) is 0.687. The molecule has 0 saturated carbocycles. The second-order valence-corrected chi connectivity index (χ2v) is 7.43. The summed E-state index contributed by atoms with van der Waals surface area (Å²) in [5, 5.41) is 12.9. The van der Waals surface area contributed by atoms with Crippen LogP contribution in [-0.4, -0.2) is 46.2 Å². The molecule has 1 amide bonds. The number of aromatic nitrogens is 1. The van der Waals surface area contributed by atoms with Gasteiger partial charge in [-0.1, -0.05) is 0 Å². The normalized spacial score (nSPS) is 18.0. The van der Waals surface area contributed by atoms with Crippen LogP contribution in [0.4, 0.5) is 0 Å². The predicted molar refractivity (Wildman–Crippen MR) is 94.5 cm³/mol. The lowest BCUT2D eigenvalue weighted by Gasteiger charge is -2.33. The maximum atomic E-state index is 12.8. The zero-order valence-electron chi connectivity index (χ0n) is 14.2. The molecule has 1 fully saturated rings. The standard InChI is InChI=1S/C18H22N2O3S/c1-18(2,22)15-5-4-10-20(15)17(21)14-11-24-16(19-14)12-6-8-13(23-3)9-7-12/h6-9,11,15,22H,4-5,10H2,1-3H3. The molecule has 6 heteroatoms. The second kappa shape index (κ2) is 6.53. The number of thiazole rings is 1. The van der Waals surface area contributed by atoms with Crippen molar-refractivity contribution in [2.45, 2.75) is 38.3 Å². The van der Waals surface area contributed by atoms with E-state index in [0.717, 1.165) is 29.2 Å². The molecule has 0 aliphatic carbocycles. The predicted octanol–water partition coefficient (Wildman–Crippen LogP) is 3.19. The summed E-state index contributed by atoms with van der Waals surface area (Å²) < 4.78 is 5.16. The van der Waals surface area contributed by atoms with Gasteiger partial charge in [-0.25, -0.2) is 4.98 Å². The third-order valence-corrected chi connectivity index (χ3v) is 5.28. The van der Waals surface area contributed by atoms with Gasteiger partial charge in [0.05, 0.1) is 18.8 Å². The number of nitrogens with zero attached hydrogens (tertiary/aromatic N) is 2. The highest BCUT2D eigenvalue weighted by molar-refractivity contribution is 7.13. The number of hydrogen-bond donors (Lipinski definition) is 1. The molecule has 1 atom stereocenters. The lowest BCUT2D eigenvalue weighted by atomic mass is 9.96. The minimum atomic E-state index is -0.902. The van der Waals surface area contributed by atoms with Gasteiger partial charge in [-0.05, 0) is 51.0 Å². The van der Waals surface area contributed by atoms with Gasteiger partial charge in [0.25, 0.3) is 5.91 Å². The summed E-state index contributed by atoms with van der Waals surface area (Å²) >= 11 is 1.45. The third-order valence-electron chi connectivity index (χ3n) is 4.39. The lowest BCUT2D eigenvalue weighted by molar-refractivity contribution is 0.000154. The number of carbonyl (C=O) groups is 1. The number of rotatable bonds is 4. The van der Waals surface area contributed by atoms with Crippen LogP contribution < -0.4 is 4.74 Å². The molecule has 1 aromatic carbocycles. The Morgan fingerprint density at radius 3 is 2.71 bits per heavy atom. The number of amides is 1. The van der Waals surface area contributed by atoms with Crippen LogP contribution >= 0.6 is 11.3 Å². The SMILES string of the molecule is COc1ccc(-c2nc(C(=O)N3CCCC3C(C)(C)O)cs2)cc1. The Hall–Kier alpha value is -1.92. The molecule has 0 bridgehead atoms. The molecular weight excluding hydrogens is 324 g/mol. The van der Waals surface area contributed by atoms with Crippen molar-refractivity contribution in [2.24, 2.45) is 0 Å². The van der Waals surface area contributed by atoms with Crippen LogP contribution in [0.25, 0.3) is 10.6 Å². The van der Waals surface area contributed by atoms with Gasteiger partial charge in [0.2, 0.25) is 0 Å². The van der Waals surface area contributed by atoms with Gasteiger partial charge in [0.1, 0.15) is 16.5 Å². The summed E-state index contributed by atoms with van der Waals surface area (Å²) in [7, 11) is 1.63. The fourth-order valence-electron chi connectivity index (χ4n) is 3.13. The lowest BCUT2D eigenvalue weighted by Crippen LogP contribution is -2.48. The molecule has 1 aromatic heterocycles.